The van der Waals surface area contributed by atoms with Crippen molar-refractivity contribution < 1.29 is 9.73 Å². The summed E-state index contributed by atoms with van der Waals surface area (Å²) in [6.45, 7) is 2.73. The Morgan fingerprint density at radius 2 is 1.94 bits per heavy atom. The number of guanidine groups is 1. The van der Waals surface area contributed by atoms with Crippen molar-refractivity contribution in [1.82, 2.24) is 0 Å². The average Bonchev–Trinajstić information content (AvgIpc) is 2.28. The zero-order chi connectivity index (χ0) is 12.0. The second-order valence-corrected chi connectivity index (χ2v) is 3.14. The Kier molecular flexibility index (Phi) is 4.32. The van der Waals surface area contributed by atoms with Crippen molar-refractivity contribution in [2.75, 3.05) is 13.7 Å². The molecule has 0 aromatic heterocycles. The van der Waals surface area contributed by atoms with E-state index in [1.54, 1.807) is 7.11 Å². The maximum absolute atomic E-state index is 5.36. The van der Waals surface area contributed by atoms with Crippen LogP contribution in [0.3, 0.4) is 0 Å². The van der Waals surface area contributed by atoms with Crippen LogP contribution < -0.4 is 21.2 Å². The van der Waals surface area contributed by atoms with Gasteiger partial charge in [0.1, 0.15) is 5.75 Å². The number of ether oxygens (including phenoxy) is 1. The van der Waals surface area contributed by atoms with Crippen LogP contribution in [-0.2, 0) is 0 Å². The summed E-state index contributed by atoms with van der Waals surface area (Å²) in [6.07, 6.45) is 0. The fourth-order valence-corrected chi connectivity index (χ4v) is 1.25. The van der Waals surface area contributed by atoms with E-state index in [2.05, 4.69) is 9.98 Å². The molecule has 0 aliphatic carbocycles. The predicted molar refractivity (Wildman–Crippen MR) is 64.4 cm³/mol. The van der Waals surface area contributed by atoms with Crippen LogP contribution in [-0.4, -0.2) is 25.4 Å². The summed E-state index contributed by atoms with van der Waals surface area (Å²) in [5, 5.41) is 0. The highest BCUT2D eigenvalue weighted by atomic mass is 16.5. The van der Waals surface area contributed by atoms with E-state index in [1.165, 1.54) is 0 Å². The first-order valence-electron chi connectivity index (χ1n) is 5.02. The Balaban J connectivity index is 3.02. The molecule has 0 spiro atoms. The minimum Gasteiger partial charge on any atom is -0.497 e. The molecule has 1 aromatic carbocycles. The van der Waals surface area contributed by atoms with Crippen LogP contribution in [0.15, 0.2) is 29.3 Å². The number of aliphatic imine (C=N–C) groups is 1. The molecule has 0 aliphatic heterocycles. The van der Waals surface area contributed by atoms with Crippen molar-refractivity contribution in [3.63, 3.8) is 0 Å². The van der Waals surface area contributed by atoms with Crippen LogP contribution in [0, 0.1) is 0 Å². The van der Waals surface area contributed by atoms with E-state index in [9.17, 15) is 0 Å². The largest absolute Gasteiger partial charge is 0.497 e. The Morgan fingerprint density at radius 1 is 1.31 bits per heavy atom. The molecule has 5 N–H and O–H groups in total. The normalized spacial score (nSPS) is 11.0. The summed E-state index contributed by atoms with van der Waals surface area (Å²) in [5.74, 6) is 1.49. The lowest BCUT2D eigenvalue weighted by atomic mass is 10.2. The summed E-state index contributed by atoms with van der Waals surface area (Å²) in [4.78, 5) is 7.13. The number of amidine groups is 1. The molecule has 0 bridgehead atoms. The zero-order valence-corrected chi connectivity index (χ0v) is 9.53. The van der Waals surface area contributed by atoms with Crippen LogP contribution in [0.2, 0.25) is 0 Å². The second kappa shape index (κ2) is 5.75. The number of nitrogens with one attached hydrogen (secondary N) is 1. The van der Waals surface area contributed by atoms with Gasteiger partial charge in [0, 0.05) is 0 Å². The lowest BCUT2D eigenvalue weighted by Gasteiger charge is -1.99. The fourth-order valence-electron chi connectivity index (χ4n) is 1.25. The first-order chi connectivity index (χ1) is 7.67. The van der Waals surface area contributed by atoms with E-state index in [4.69, 9.17) is 16.2 Å². The van der Waals surface area contributed by atoms with Crippen LogP contribution in [0.25, 0.3) is 0 Å². The van der Waals surface area contributed by atoms with Gasteiger partial charge in [0.05, 0.1) is 19.2 Å². The highest BCUT2D eigenvalue weighted by Gasteiger charge is 2.10. The van der Waals surface area contributed by atoms with E-state index in [0.29, 0.717) is 5.84 Å². The molecule has 5 heteroatoms. The van der Waals surface area contributed by atoms with Gasteiger partial charge in [0.15, 0.2) is 0 Å². The summed E-state index contributed by atoms with van der Waals surface area (Å²) in [7, 11) is 1.62. The number of benzene rings is 1. The lowest BCUT2D eigenvalue weighted by molar-refractivity contribution is -0.452. The van der Waals surface area contributed by atoms with Crippen LogP contribution in [0.4, 0.5) is 0 Å². The monoisotopic (exact) mass is 221 g/mol. The lowest BCUT2D eigenvalue weighted by Crippen LogP contribution is -2.72. The van der Waals surface area contributed by atoms with Gasteiger partial charge < -0.3 is 16.2 Å². The number of hydrogen-bond donors (Lipinski definition) is 3. The van der Waals surface area contributed by atoms with Gasteiger partial charge in [0.25, 0.3) is 0 Å². The predicted octanol–water partition coefficient (Wildman–Crippen LogP) is -1.18. The van der Waals surface area contributed by atoms with Crippen LogP contribution in [0.1, 0.15) is 12.5 Å². The van der Waals surface area contributed by atoms with E-state index in [0.717, 1.165) is 17.9 Å². The summed E-state index contributed by atoms with van der Waals surface area (Å²) in [6, 6.07) is 7.50. The molecule has 0 aliphatic rings. The molecule has 0 atom stereocenters. The standard InChI is InChI=1S/C11H16N4O/c1-3-14-10(15-11(12)13)8-4-6-9(16-2)7-5-8/h4-7H,3H2,1-2H3,(H4,12,13,14,15)/p+1. The van der Waals surface area contributed by atoms with Crippen LogP contribution in [0.5, 0.6) is 5.75 Å². The molecular weight excluding hydrogens is 204 g/mol. The third-order valence-corrected chi connectivity index (χ3v) is 1.95. The van der Waals surface area contributed by atoms with Gasteiger partial charge in [-0.25, -0.2) is 0 Å². The third-order valence-electron chi connectivity index (χ3n) is 1.95. The summed E-state index contributed by atoms with van der Waals surface area (Å²) >= 11 is 0. The molecule has 16 heavy (non-hydrogen) atoms. The maximum atomic E-state index is 5.36. The van der Waals surface area contributed by atoms with Gasteiger partial charge in [-0.05, 0) is 36.2 Å². The van der Waals surface area contributed by atoms with Gasteiger partial charge in [-0.3, -0.25) is 4.99 Å². The van der Waals surface area contributed by atoms with E-state index >= 15 is 0 Å². The molecule has 0 fully saturated rings. The molecule has 5 nitrogen and oxygen atoms in total. The molecular formula is C11H17N4O+. The van der Waals surface area contributed by atoms with Gasteiger partial charge in [-0.15, -0.1) is 0 Å². The number of nitrogens with two attached hydrogens (primary N) is 2. The maximum Gasteiger partial charge on any atom is 0.327 e. The highest BCUT2D eigenvalue weighted by Crippen LogP contribution is 2.11. The van der Waals surface area contributed by atoms with Crippen molar-refractivity contribution in [2.24, 2.45) is 16.5 Å². The van der Waals surface area contributed by atoms with Crippen molar-refractivity contribution >= 4 is 11.8 Å². The smallest absolute Gasteiger partial charge is 0.327 e. The third kappa shape index (κ3) is 3.27. The summed E-state index contributed by atoms with van der Waals surface area (Å²) < 4.78 is 5.08. The van der Waals surface area contributed by atoms with Gasteiger partial charge >= 0.3 is 11.8 Å². The molecule has 0 radical (unpaired) electrons. The van der Waals surface area contributed by atoms with Crippen molar-refractivity contribution in [2.45, 2.75) is 6.92 Å². The zero-order valence-electron chi connectivity index (χ0n) is 9.53. The Bertz CT molecular complexity index is 391. The molecule has 1 aromatic rings. The number of nitrogens with zero attached hydrogens (tertiary/aromatic N) is 1. The highest BCUT2D eigenvalue weighted by molar-refractivity contribution is 6.01. The summed E-state index contributed by atoms with van der Waals surface area (Å²) in [5.41, 5.74) is 11.6. The van der Waals surface area contributed by atoms with Gasteiger partial charge in [-0.2, -0.15) is 0 Å². The molecule has 0 unspecified atom stereocenters. The first-order valence-corrected chi connectivity index (χ1v) is 5.02. The number of hydrogen-bond acceptors (Lipinski definition) is 1. The topological polar surface area (TPSA) is 87.6 Å². The molecule has 1 rings (SSSR count). The molecule has 0 amide bonds. The Hall–Kier alpha value is -2.04. The van der Waals surface area contributed by atoms with Gasteiger partial charge in [-0.1, -0.05) is 0 Å². The van der Waals surface area contributed by atoms with E-state index in [1.807, 2.05) is 31.2 Å². The average molecular weight is 221 g/mol. The van der Waals surface area contributed by atoms with E-state index in [-0.39, 0.29) is 5.96 Å². The van der Waals surface area contributed by atoms with Crippen molar-refractivity contribution in [1.29, 1.82) is 0 Å². The minimum absolute atomic E-state index is 0.0340. The van der Waals surface area contributed by atoms with Crippen molar-refractivity contribution in [3.8, 4) is 5.75 Å². The fraction of sp³-hybridized carbons (Fsp3) is 0.273. The number of rotatable bonds is 3. The van der Waals surface area contributed by atoms with Gasteiger partial charge in [0.2, 0.25) is 0 Å². The SMILES string of the molecule is CC[NH+]=C(N=C(N)N)c1ccc(OC)cc1. The molecule has 0 heterocycles. The van der Waals surface area contributed by atoms with Crippen LogP contribution >= 0.6 is 0 Å². The number of methoxy groups -OCH3 is 1. The quantitative estimate of drug-likeness (QED) is 0.443. The van der Waals surface area contributed by atoms with Crippen molar-refractivity contribution in [3.05, 3.63) is 29.8 Å². The Labute approximate surface area is 94.8 Å². The minimum atomic E-state index is 0.0340. The van der Waals surface area contributed by atoms with E-state index < -0.39 is 0 Å². The second-order valence-electron chi connectivity index (χ2n) is 3.14. The Morgan fingerprint density at radius 3 is 2.38 bits per heavy atom. The molecule has 0 saturated carbocycles. The molecule has 0 saturated heterocycles. The molecule has 86 valence electrons. The first kappa shape index (κ1) is 12.0.